The average molecular weight is 405 g/mol. The topological polar surface area (TPSA) is 67.4 Å². The molecular weight excluding hydrogens is 384 g/mol. The second kappa shape index (κ2) is 9.22. The third kappa shape index (κ3) is 5.60. The Labute approximate surface area is 155 Å². The molecule has 0 spiro atoms. The van der Waals surface area contributed by atoms with Crippen LogP contribution in [0.15, 0.2) is 53.0 Å². The summed E-state index contributed by atoms with van der Waals surface area (Å²) in [5.74, 6) is 0.216. The smallest absolute Gasteiger partial charge is 0.276 e. The molecule has 2 aromatic carbocycles. The molecule has 132 valence electrons. The van der Waals surface area contributed by atoms with E-state index in [1.54, 1.807) is 24.3 Å². The molecule has 2 aromatic rings. The van der Waals surface area contributed by atoms with Gasteiger partial charge in [0.15, 0.2) is 6.61 Å². The normalized spacial score (nSPS) is 11.5. The number of hydrogen-bond donors (Lipinski definition) is 2. The third-order valence-electron chi connectivity index (χ3n) is 3.84. The lowest BCUT2D eigenvalue weighted by atomic mass is 9.98. The first kappa shape index (κ1) is 19.0. The van der Waals surface area contributed by atoms with Crippen molar-refractivity contribution in [1.82, 2.24) is 10.9 Å². The quantitative estimate of drug-likeness (QED) is 0.719. The lowest BCUT2D eigenvalue weighted by Gasteiger charge is -2.15. The Morgan fingerprint density at radius 3 is 2.44 bits per heavy atom. The number of carbonyl (C=O) groups excluding carboxylic acids is 2. The van der Waals surface area contributed by atoms with Gasteiger partial charge in [-0.05, 0) is 48.2 Å². The van der Waals surface area contributed by atoms with Crippen molar-refractivity contribution in [2.24, 2.45) is 0 Å². The van der Waals surface area contributed by atoms with E-state index < -0.39 is 5.91 Å². The summed E-state index contributed by atoms with van der Waals surface area (Å²) in [5, 5.41) is 0. The number of hydrazine groups is 1. The molecule has 0 radical (unpaired) electrons. The third-order valence-corrected chi connectivity index (χ3v) is 4.37. The summed E-state index contributed by atoms with van der Waals surface area (Å²) in [6, 6.07) is 14.5. The Morgan fingerprint density at radius 2 is 1.76 bits per heavy atom. The maximum absolute atomic E-state index is 11.9. The molecule has 0 aliphatic heterocycles. The van der Waals surface area contributed by atoms with Crippen molar-refractivity contribution < 1.29 is 14.3 Å². The van der Waals surface area contributed by atoms with Gasteiger partial charge in [0.1, 0.15) is 5.75 Å². The van der Waals surface area contributed by atoms with E-state index in [-0.39, 0.29) is 12.5 Å². The molecule has 0 bridgehead atoms. The van der Waals surface area contributed by atoms with Crippen LogP contribution >= 0.6 is 15.9 Å². The highest BCUT2D eigenvalue weighted by atomic mass is 79.9. The van der Waals surface area contributed by atoms with Gasteiger partial charge in [-0.25, -0.2) is 0 Å². The van der Waals surface area contributed by atoms with Gasteiger partial charge in [-0.2, -0.15) is 0 Å². The number of carbonyl (C=O) groups is 2. The Balaban J connectivity index is 1.85. The molecule has 1 unspecified atom stereocenters. The first-order chi connectivity index (χ1) is 12.0. The summed E-state index contributed by atoms with van der Waals surface area (Å²) in [5.41, 5.74) is 6.24. The number of halogens is 1. The van der Waals surface area contributed by atoms with Crippen molar-refractivity contribution in [1.29, 1.82) is 0 Å². The van der Waals surface area contributed by atoms with E-state index in [2.05, 4.69) is 40.6 Å². The van der Waals surface area contributed by atoms with E-state index in [9.17, 15) is 9.59 Å². The van der Waals surface area contributed by atoms with Crippen LogP contribution in [0.25, 0.3) is 0 Å². The minimum atomic E-state index is -0.426. The highest BCUT2D eigenvalue weighted by Gasteiger charge is 2.12. The van der Waals surface area contributed by atoms with E-state index >= 15 is 0 Å². The number of ether oxygens (including phenoxy) is 1. The monoisotopic (exact) mass is 404 g/mol. The molecule has 0 aliphatic rings. The molecule has 6 heteroatoms. The van der Waals surface area contributed by atoms with Crippen molar-refractivity contribution in [3.8, 4) is 5.75 Å². The lowest BCUT2D eigenvalue weighted by molar-refractivity contribution is -0.123. The van der Waals surface area contributed by atoms with Gasteiger partial charge in [0.05, 0.1) is 0 Å². The summed E-state index contributed by atoms with van der Waals surface area (Å²) >= 11 is 3.30. The van der Waals surface area contributed by atoms with Crippen LogP contribution in [0.1, 0.15) is 42.1 Å². The van der Waals surface area contributed by atoms with Gasteiger partial charge in [0.2, 0.25) is 0 Å². The molecule has 0 fully saturated rings. The van der Waals surface area contributed by atoms with Gasteiger partial charge < -0.3 is 4.74 Å². The van der Waals surface area contributed by atoms with Crippen molar-refractivity contribution in [2.75, 3.05) is 6.61 Å². The molecule has 0 aliphatic carbocycles. The molecule has 0 aromatic heterocycles. The van der Waals surface area contributed by atoms with Crippen LogP contribution in [0.2, 0.25) is 0 Å². The highest BCUT2D eigenvalue weighted by Crippen LogP contribution is 2.28. The number of rotatable bonds is 6. The summed E-state index contributed by atoms with van der Waals surface area (Å²) in [6.45, 7) is 4.04. The summed E-state index contributed by atoms with van der Waals surface area (Å²) < 4.78 is 6.48. The number of hydrogen-bond acceptors (Lipinski definition) is 3. The van der Waals surface area contributed by atoms with Crippen LogP contribution in [-0.2, 0) is 4.79 Å². The fourth-order valence-electron chi connectivity index (χ4n) is 2.22. The maximum Gasteiger partial charge on any atom is 0.276 e. The number of amides is 2. The minimum Gasteiger partial charge on any atom is -0.483 e. The average Bonchev–Trinajstić information content (AvgIpc) is 2.64. The van der Waals surface area contributed by atoms with E-state index in [4.69, 9.17) is 4.74 Å². The van der Waals surface area contributed by atoms with Crippen LogP contribution < -0.4 is 15.6 Å². The first-order valence-corrected chi connectivity index (χ1v) is 8.87. The molecule has 2 amide bonds. The largest absolute Gasteiger partial charge is 0.483 e. The van der Waals surface area contributed by atoms with Gasteiger partial charge in [0.25, 0.3) is 11.8 Å². The Hall–Kier alpha value is -2.34. The summed E-state index contributed by atoms with van der Waals surface area (Å²) in [7, 11) is 0. The molecule has 0 saturated heterocycles. The SMILES string of the molecule is CCC(C)c1ccccc1OCC(=O)NNC(=O)c1ccc(Br)cc1. The van der Waals surface area contributed by atoms with Crippen molar-refractivity contribution in [2.45, 2.75) is 26.2 Å². The second-order valence-electron chi connectivity index (χ2n) is 5.64. The molecule has 25 heavy (non-hydrogen) atoms. The Bertz CT molecular complexity index is 732. The molecule has 5 nitrogen and oxygen atoms in total. The highest BCUT2D eigenvalue weighted by molar-refractivity contribution is 9.10. The Kier molecular flexibility index (Phi) is 7.01. The molecule has 1 atom stereocenters. The van der Waals surface area contributed by atoms with Gasteiger partial charge in [0, 0.05) is 10.0 Å². The number of para-hydroxylation sites is 1. The summed E-state index contributed by atoms with van der Waals surface area (Å²) in [6.07, 6.45) is 0.982. The molecule has 0 heterocycles. The Morgan fingerprint density at radius 1 is 1.08 bits per heavy atom. The molecule has 2 rings (SSSR count). The number of nitrogens with one attached hydrogen (secondary N) is 2. The van der Waals surface area contributed by atoms with Crippen LogP contribution in [0.3, 0.4) is 0 Å². The van der Waals surface area contributed by atoms with Crippen molar-refractivity contribution >= 4 is 27.7 Å². The van der Waals surface area contributed by atoms with Gasteiger partial charge in [-0.15, -0.1) is 0 Å². The standard InChI is InChI=1S/C19H21BrN2O3/c1-3-13(2)16-6-4-5-7-17(16)25-12-18(23)21-22-19(24)14-8-10-15(20)11-9-14/h4-11,13H,3,12H2,1-2H3,(H,21,23)(H,22,24). The van der Waals surface area contributed by atoms with Gasteiger partial charge in [-0.1, -0.05) is 48.0 Å². The summed E-state index contributed by atoms with van der Waals surface area (Å²) in [4.78, 5) is 23.8. The molecule has 0 saturated carbocycles. The molecular formula is C19H21BrN2O3. The van der Waals surface area contributed by atoms with Crippen molar-refractivity contribution in [3.63, 3.8) is 0 Å². The van der Waals surface area contributed by atoms with Crippen LogP contribution in [0.4, 0.5) is 0 Å². The minimum absolute atomic E-state index is 0.173. The van der Waals surface area contributed by atoms with Gasteiger partial charge in [-0.3, -0.25) is 20.4 Å². The molecule has 2 N–H and O–H groups in total. The van der Waals surface area contributed by atoms with E-state index in [0.29, 0.717) is 17.2 Å². The zero-order valence-electron chi connectivity index (χ0n) is 14.2. The van der Waals surface area contributed by atoms with E-state index in [1.807, 2.05) is 24.3 Å². The van der Waals surface area contributed by atoms with Crippen LogP contribution in [-0.4, -0.2) is 18.4 Å². The van der Waals surface area contributed by atoms with Gasteiger partial charge >= 0.3 is 0 Å². The zero-order valence-corrected chi connectivity index (χ0v) is 15.8. The fourth-order valence-corrected chi connectivity index (χ4v) is 2.48. The number of benzene rings is 2. The van der Waals surface area contributed by atoms with Crippen LogP contribution in [0.5, 0.6) is 5.75 Å². The predicted octanol–water partition coefficient (Wildman–Crippen LogP) is 3.80. The maximum atomic E-state index is 11.9. The lowest BCUT2D eigenvalue weighted by Crippen LogP contribution is -2.43. The van der Waals surface area contributed by atoms with Crippen molar-refractivity contribution in [3.05, 3.63) is 64.1 Å². The van der Waals surface area contributed by atoms with E-state index in [1.165, 1.54) is 0 Å². The van der Waals surface area contributed by atoms with E-state index in [0.717, 1.165) is 16.5 Å². The zero-order chi connectivity index (χ0) is 18.2. The first-order valence-electron chi connectivity index (χ1n) is 8.07. The predicted molar refractivity (Wildman–Crippen MR) is 100 cm³/mol. The van der Waals surface area contributed by atoms with Crippen LogP contribution in [0, 0.1) is 0 Å². The fraction of sp³-hybridized carbons (Fsp3) is 0.263. The second-order valence-corrected chi connectivity index (χ2v) is 6.56.